The summed E-state index contributed by atoms with van der Waals surface area (Å²) in [6.07, 6.45) is 4.84. The molecular weight excluding hydrogens is 310 g/mol. The number of nitrogens with one attached hydrogen (secondary N) is 1. The third-order valence-corrected chi connectivity index (χ3v) is 5.80. The van der Waals surface area contributed by atoms with Crippen LogP contribution in [0.2, 0.25) is 0 Å². The number of hydrogen-bond donors (Lipinski definition) is 1. The molecule has 0 heterocycles. The van der Waals surface area contributed by atoms with Gasteiger partial charge >= 0.3 is 0 Å². The Morgan fingerprint density at radius 3 is 2.43 bits per heavy atom. The number of benzene rings is 1. The van der Waals surface area contributed by atoms with Gasteiger partial charge in [0.25, 0.3) is 9.05 Å². The number of aryl methyl sites for hydroxylation is 1. The van der Waals surface area contributed by atoms with Gasteiger partial charge in [0, 0.05) is 21.8 Å². The van der Waals surface area contributed by atoms with Crippen LogP contribution in [-0.4, -0.2) is 14.3 Å². The Morgan fingerprint density at radius 1 is 1.33 bits per heavy atom. The lowest BCUT2D eigenvalue weighted by atomic mass is 9.82. The van der Waals surface area contributed by atoms with Crippen LogP contribution in [0.3, 0.4) is 0 Å². The number of rotatable bonds is 4. The summed E-state index contributed by atoms with van der Waals surface area (Å²) in [5.74, 6) is 0.0343. The molecule has 1 amide bonds. The summed E-state index contributed by atoms with van der Waals surface area (Å²) in [6, 6.07) is 4.49. The largest absolute Gasteiger partial charge is 0.325 e. The van der Waals surface area contributed by atoms with Gasteiger partial charge < -0.3 is 5.32 Å². The van der Waals surface area contributed by atoms with Crippen molar-refractivity contribution in [3.63, 3.8) is 0 Å². The van der Waals surface area contributed by atoms with Crippen LogP contribution in [0.25, 0.3) is 0 Å². The zero-order valence-electron chi connectivity index (χ0n) is 12.3. The SMILES string of the molecule is CCC1(C(=O)Nc2ccc(S(=O)(=O)Cl)cc2C)CCCC1. The molecule has 0 saturated heterocycles. The fraction of sp³-hybridized carbons (Fsp3) is 0.533. The van der Waals surface area contributed by atoms with Crippen molar-refractivity contribution in [3.8, 4) is 0 Å². The highest BCUT2D eigenvalue weighted by molar-refractivity contribution is 8.13. The fourth-order valence-electron chi connectivity index (χ4n) is 2.98. The molecule has 1 aromatic rings. The molecule has 1 saturated carbocycles. The molecule has 21 heavy (non-hydrogen) atoms. The number of carbonyl (C=O) groups is 1. The van der Waals surface area contributed by atoms with E-state index in [0.717, 1.165) is 32.1 Å². The topological polar surface area (TPSA) is 63.2 Å². The minimum atomic E-state index is -3.74. The fourth-order valence-corrected chi connectivity index (χ4v) is 3.81. The molecule has 0 bridgehead atoms. The zero-order valence-corrected chi connectivity index (χ0v) is 13.9. The summed E-state index contributed by atoms with van der Waals surface area (Å²) < 4.78 is 22.6. The molecule has 1 N–H and O–H groups in total. The average Bonchev–Trinajstić information content (AvgIpc) is 2.90. The molecule has 0 unspecified atom stereocenters. The molecule has 1 aliphatic carbocycles. The van der Waals surface area contributed by atoms with E-state index < -0.39 is 9.05 Å². The monoisotopic (exact) mass is 329 g/mol. The second-order valence-corrected chi connectivity index (χ2v) is 8.28. The number of amides is 1. The van der Waals surface area contributed by atoms with E-state index in [1.165, 1.54) is 12.1 Å². The first-order valence-corrected chi connectivity index (χ1v) is 9.46. The lowest BCUT2D eigenvalue weighted by Crippen LogP contribution is -2.33. The second kappa shape index (κ2) is 5.97. The summed E-state index contributed by atoms with van der Waals surface area (Å²) in [5, 5.41) is 2.95. The van der Waals surface area contributed by atoms with Crippen molar-refractivity contribution >= 4 is 31.3 Å². The van der Waals surface area contributed by atoms with Crippen molar-refractivity contribution in [3.05, 3.63) is 23.8 Å². The van der Waals surface area contributed by atoms with Crippen LogP contribution in [0.5, 0.6) is 0 Å². The predicted molar refractivity (Wildman–Crippen MR) is 84.0 cm³/mol. The van der Waals surface area contributed by atoms with Crippen molar-refractivity contribution < 1.29 is 13.2 Å². The van der Waals surface area contributed by atoms with Crippen molar-refractivity contribution in [2.45, 2.75) is 50.8 Å². The van der Waals surface area contributed by atoms with Gasteiger partial charge in [0.05, 0.1) is 4.90 Å². The van der Waals surface area contributed by atoms with E-state index in [9.17, 15) is 13.2 Å². The standard InChI is InChI=1S/C15H20ClNO3S/c1-3-15(8-4-5-9-15)14(18)17-13-7-6-12(10-11(13)2)21(16,19)20/h6-7,10H,3-5,8-9H2,1-2H3,(H,17,18). The van der Waals surface area contributed by atoms with Crippen molar-refractivity contribution in [2.75, 3.05) is 5.32 Å². The van der Waals surface area contributed by atoms with Crippen molar-refractivity contribution in [1.29, 1.82) is 0 Å². The van der Waals surface area contributed by atoms with Gasteiger partial charge in [-0.2, -0.15) is 0 Å². The van der Waals surface area contributed by atoms with Crippen molar-refractivity contribution in [2.24, 2.45) is 5.41 Å². The summed E-state index contributed by atoms with van der Waals surface area (Å²) >= 11 is 0. The van der Waals surface area contributed by atoms with Crippen LogP contribution >= 0.6 is 10.7 Å². The van der Waals surface area contributed by atoms with Crippen LogP contribution in [0, 0.1) is 12.3 Å². The van der Waals surface area contributed by atoms with E-state index in [-0.39, 0.29) is 16.2 Å². The van der Waals surface area contributed by atoms with Gasteiger partial charge in [-0.1, -0.05) is 19.8 Å². The number of hydrogen-bond acceptors (Lipinski definition) is 3. The van der Waals surface area contributed by atoms with Gasteiger partial charge in [-0.25, -0.2) is 8.42 Å². The third-order valence-electron chi connectivity index (χ3n) is 4.45. The Labute approximate surface area is 130 Å². The maximum absolute atomic E-state index is 12.5. The average molecular weight is 330 g/mol. The van der Waals surface area contributed by atoms with Crippen molar-refractivity contribution in [1.82, 2.24) is 0 Å². The van der Waals surface area contributed by atoms with Crippen LogP contribution in [0.1, 0.15) is 44.6 Å². The smallest absolute Gasteiger partial charge is 0.261 e. The summed E-state index contributed by atoms with van der Waals surface area (Å²) in [4.78, 5) is 12.6. The molecule has 0 radical (unpaired) electrons. The molecule has 6 heteroatoms. The number of carbonyl (C=O) groups excluding carboxylic acids is 1. The molecule has 0 spiro atoms. The van der Waals surface area contributed by atoms with Crippen LogP contribution < -0.4 is 5.32 Å². The van der Waals surface area contributed by atoms with Crippen LogP contribution in [0.4, 0.5) is 5.69 Å². The normalized spacial score (nSPS) is 17.7. The minimum Gasteiger partial charge on any atom is -0.325 e. The first-order valence-electron chi connectivity index (χ1n) is 7.15. The minimum absolute atomic E-state index is 0.0343. The Morgan fingerprint density at radius 2 is 1.95 bits per heavy atom. The highest BCUT2D eigenvalue weighted by Gasteiger charge is 2.39. The first-order chi connectivity index (χ1) is 9.78. The van der Waals surface area contributed by atoms with E-state index in [0.29, 0.717) is 11.3 Å². The van der Waals surface area contributed by atoms with E-state index in [1.54, 1.807) is 13.0 Å². The van der Waals surface area contributed by atoms with E-state index in [2.05, 4.69) is 5.32 Å². The molecule has 0 aromatic heterocycles. The van der Waals surface area contributed by atoms with E-state index in [4.69, 9.17) is 10.7 Å². The van der Waals surface area contributed by atoms with Gasteiger partial charge in [-0.3, -0.25) is 4.79 Å². The van der Waals surface area contributed by atoms with Gasteiger partial charge in [-0.05, 0) is 49.9 Å². The molecule has 1 aliphatic rings. The van der Waals surface area contributed by atoms with Crippen LogP contribution in [-0.2, 0) is 13.8 Å². The second-order valence-electron chi connectivity index (χ2n) is 5.71. The molecular formula is C15H20ClNO3S. The summed E-state index contributed by atoms with van der Waals surface area (Å²) in [7, 11) is 1.58. The highest BCUT2D eigenvalue weighted by atomic mass is 35.7. The third kappa shape index (κ3) is 3.40. The molecule has 4 nitrogen and oxygen atoms in total. The van der Waals surface area contributed by atoms with Gasteiger partial charge in [-0.15, -0.1) is 0 Å². The van der Waals surface area contributed by atoms with Gasteiger partial charge in [0.2, 0.25) is 5.91 Å². The Bertz CT molecular complexity index is 649. The summed E-state index contributed by atoms with van der Waals surface area (Å²) in [6.45, 7) is 3.80. The van der Waals surface area contributed by atoms with E-state index >= 15 is 0 Å². The summed E-state index contributed by atoms with van der Waals surface area (Å²) in [5.41, 5.74) is 1.06. The molecule has 0 atom stereocenters. The molecule has 1 fully saturated rings. The Hall–Kier alpha value is -1.07. The number of halogens is 1. The maximum Gasteiger partial charge on any atom is 0.261 e. The molecule has 116 valence electrons. The Balaban J connectivity index is 2.22. The molecule has 0 aliphatic heterocycles. The molecule has 1 aromatic carbocycles. The van der Waals surface area contributed by atoms with Gasteiger partial charge in [0.15, 0.2) is 0 Å². The lowest BCUT2D eigenvalue weighted by molar-refractivity contribution is -0.125. The van der Waals surface area contributed by atoms with Crippen LogP contribution in [0.15, 0.2) is 23.1 Å². The first kappa shape index (κ1) is 16.3. The predicted octanol–water partition coefficient (Wildman–Crippen LogP) is 3.83. The number of anilines is 1. The molecule has 2 rings (SSSR count). The zero-order chi connectivity index (χ0) is 15.7. The Kier molecular flexibility index (Phi) is 4.63. The highest BCUT2D eigenvalue weighted by Crippen LogP contribution is 2.42. The maximum atomic E-state index is 12.5. The van der Waals surface area contributed by atoms with Gasteiger partial charge in [0.1, 0.15) is 0 Å². The van der Waals surface area contributed by atoms with E-state index in [1.807, 2.05) is 6.92 Å². The quantitative estimate of drug-likeness (QED) is 0.854. The lowest BCUT2D eigenvalue weighted by Gasteiger charge is -2.26.